The predicted octanol–water partition coefficient (Wildman–Crippen LogP) is 6.78. The highest BCUT2D eigenvalue weighted by molar-refractivity contribution is 9.10. The van der Waals surface area contributed by atoms with Crippen molar-refractivity contribution in [3.63, 3.8) is 0 Å². The molecule has 6 heteroatoms. The second-order valence-corrected chi connectivity index (χ2v) is 9.62. The molecular weight excluding hydrogens is 514 g/mol. The molecule has 1 N–H and O–H groups in total. The molecule has 0 radical (unpaired) electrons. The number of hydrogen-bond donors (Lipinski definition) is 1. The van der Waals surface area contributed by atoms with Crippen molar-refractivity contribution in [1.82, 2.24) is 9.97 Å². The maximum atomic E-state index is 12.9. The minimum Gasteiger partial charge on any atom is -0.497 e. The van der Waals surface area contributed by atoms with Gasteiger partial charge in [0.1, 0.15) is 11.5 Å². The molecule has 3 aromatic rings. The number of allylic oxidation sites excluding steroid dienone is 5. The van der Waals surface area contributed by atoms with E-state index in [1.165, 1.54) is 5.57 Å². The largest absolute Gasteiger partial charge is 0.497 e. The first-order chi connectivity index (χ1) is 17.6. The molecule has 0 bridgehead atoms. The zero-order valence-electron chi connectivity index (χ0n) is 20.0. The molecule has 1 amide bonds. The Labute approximate surface area is 219 Å². The van der Waals surface area contributed by atoms with Gasteiger partial charge in [-0.2, -0.15) is 0 Å². The van der Waals surface area contributed by atoms with E-state index >= 15 is 0 Å². The number of methoxy groups -OCH3 is 1. The van der Waals surface area contributed by atoms with Gasteiger partial charge in [-0.05, 0) is 71.9 Å². The van der Waals surface area contributed by atoms with Crippen molar-refractivity contribution in [2.24, 2.45) is 0 Å². The van der Waals surface area contributed by atoms with Crippen molar-refractivity contribution in [1.29, 1.82) is 0 Å². The first-order valence-corrected chi connectivity index (χ1v) is 12.7. The summed E-state index contributed by atoms with van der Waals surface area (Å²) in [6.07, 6.45) is 12.8. The predicted molar refractivity (Wildman–Crippen MR) is 148 cm³/mol. The van der Waals surface area contributed by atoms with Crippen LogP contribution in [0.5, 0.6) is 0 Å². The molecule has 1 heterocycles. The Balaban J connectivity index is 1.51. The molecule has 2 aliphatic carbocycles. The normalized spacial score (nSPS) is 14.7. The summed E-state index contributed by atoms with van der Waals surface area (Å²) in [5, 5.41) is 3.02. The van der Waals surface area contributed by atoms with E-state index in [0.717, 1.165) is 57.6 Å². The molecule has 2 aliphatic rings. The van der Waals surface area contributed by atoms with E-state index in [1.54, 1.807) is 7.11 Å². The summed E-state index contributed by atoms with van der Waals surface area (Å²) in [4.78, 5) is 22.9. The van der Waals surface area contributed by atoms with E-state index in [0.29, 0.717) is 11.5 Å². The summed E-state index contributed by atoms with van der Waals surface area (Å²) < 4.78 is 6.46. The Morgan fingerprint density at radius 3 is 2.64 bits per heavy atom. The number of nitrogens with zero attached hydrogens (tertiary/aromatic N) is 2. The summed E-state index contributed by atoms with van der Waals surface area (Å²) in [5.74, 6) is 1.21. The van der Waals surface area contributed by atoms with Gasteiger partial charge in [-0.1, -0.05) is 70.5 Å². The average molecular weight is 540 g/mol. The third kappa shape index (κ3) is 5.55. The molecule has 1 aromatic heterocycles. The summed E-state index contributed by atoms with van der Waals surface area (Å²) in [7, 11) is 1.69. The zero-order chi connectivity index (χ0) is 24.9. The number of anilines is 1. The van der Waals surface area contributed by atoms with Gasteiger partial charge in [-0.15, -0.1) is 0 Å². The molecule has 180 valence electrons. The average Bonchev–Trinajstić information content (AvgIpc) is 3.12. The Bertz CT molecular complexity index is 1400. The third-order valence-electron chi connectivity index (χ3n) is 6.22. The van der Waals surface area contributed by atoms with Crippen LogP contribution in [0.25, 0.3) is 17.7 Å². The van der Waals surface area contributed by atoms with E-state index in [1.807, 2.05) is 72.8 Å². The lowest BCUT2D eigenvalue weighted by molar-refractivity contribution is -0.115. The van der Waals surface area contributed by atoms with Gasteiger partial charge in [0.25, 0.3) is 0 Å². The van der Waals surface area contributed by atoms with Crippen molar-refractivity contribution in [3.05, 3.63) is 117 Å². The summed E-state index contributed by atoms with van der Waals surface area (Å²) in [5.41, 5.74) is 6.82. The standard InChI is InChI=1S/C30H26BrN3O2/c1-36-24-8-5-9-25-22(19-24)13-17-26-29(25)32-27(16-12-20-6-3-2-4-7-20)30(33-26)34-28(35)18-21-10-14-23(31)15-11-21/h2-8,10-12,14-16,19H,9,13,17-18H2,1H3,(H,33,34,35)/b16-12+. The van der Waals surface area contributed by atoms with Crippen LogP contribution in [0.3, 0.4) is 0 Å². The van der Waals surface area contributed by atoms with Gasteiger partial charge in [0, 0.05) is 4.47 Å². The molecule has 5 nitrogen and oxygen atoms in total. The molecule has 0 spiro atoms. The number of amides is 1. The summed E-state index contributed by atoms with van der Waals surface area (Å²) in [6, 6.07) is 17.8. The SMILES string of the molecule is COC1=CC2=C(CC=C1)c1nc(/C=C/c3ccccc3)c(NC(=O)Cc3ccc(Br)cc3)nc1CC2. The van der Waals surface area contributed by atoms with Crippen LogP contribution in [0.4, 0.5) is 5.82 Å². The number of hydrogen-bond acceptors (Lipinski definition) is 4. The molecule has 0 aliphatic heterocycles. The second kappa shape index (κ2) is 10.9. The van der Waals surface area contributed by atoms with Crippen LogP contribution < -0.4 is 5.32 Å². The quantitative estimate of drug-likeness (QED) is 0.375. The van der Waals surface area contributed by atoms with Crippen LogP contribution in [0, 0.1) is 0 Å². The van der Waals surface area contributed by atoms with Crippen molar-refractivity contribution in [3.8, 4) is 0 Å². The topological polar surface area (TPSA) is 64.1 Å². The number of halogens is 1. The van der Waals surface area contributed by atoms with Crippen LogP contribution in [0.2, 0.25) is 0 Å². The second-order valence-electron chi connectivity index (χ2n) is 8.71. The summed E-state index contributed by atoms with van der Waals surface area (Å²) >= 11 is 3.44. The van der Waals surface area contributed by atoms with Crippen LogP contribution in [-0.2, 0) is 22.4 Å². The Morgan fingerprint density at radius 1 is 1.06 bits per heavy atom. The fourth-order valence-corrected chi connectivity index (χ4v) is 4.66. The molecule has 2 aromatic carbocycles. The number of fused-ring (bicyclic) bond motifs is 2. The number of carbonyl (C=O) groups excluding carboxylic acids is 1. The van der Waals surface area contributed by atoms with E-state index in [2.05, 4.69) is 33.4 Å². The lowest BCUT2D eigenvalue weighted by Crippen LogP contribution is -2.19. The van der Waals surface area contributed by atoms with Gasteiger partial charge in [-0.3, -0.25) is 4.79 Å². The Kier molecular flexibility index (Phi) is 7.23. The lowest BCUT2D eigenvalue weighted by Gasteiger charge is -2.21. The van der Waals surface area contributed by atoms with Crippen LogP contribution in [0.1, 0.15) is 41.1 Å². The van der Waals surface area contributed by atoms with Crippen molar-refractivity contribution >= 4 is 45.4 Å². The number of aryl methyl sites for hydroxylation is 1. The highest BCUT2D eigenvalue weighted by Crippen LogP contribution is 2.36. The van der Waals surface area contributed by atoms with Crippen molar-refractivity contribution < 1.29 is 9.53 Å². The Morgan fingerprint density at radius 2 is 1.86 bits per heavy atom. The van der Waals surface area contributed by atoms with E-state index in [-0.39, 0.29) is 12.3 Å². The number of ether oxygens (including phenoxy) is 1. The summed E-state index contributed by atoms with van der Waals surface area (Å²) in [6.45, 7) is 0. The van der Waals surface area contributed by atoms with Crippen LogP contribution in [0.15, 0.2) is 88.6 Å². The number of aromatic nitrogens is 2. The van der Waals surface area contributed by atoms with E-state index in [4.69, 9.17) is 14.7 Å². The molecule has 0 unspecified atom stereocenters. The van der Waals surface area contributed by atoms with Crippen LogP contribution in [-0.4, -0.2) is 23.0 Å². The number of carbonyl (C=O) groups is 1. The maximum Gasteiger partial charge on any atom is 0.230 e. The third-order valence-corrected chi connectivity index (χ3v) is 6.75. The first-order valence-electron chi connectivity index (χ1n) is 11.9. The smallest absolute Gasteiger partial charge is 0.230 e. The minimum atomic E-state index is -0.123. The molecule has 0 atom stereocenters. The fraction of sp³-hybridized carbons (Fsp3) is 0.167. The van der Waals surface area contributed by atoms with Gasteiger partial charge in [-0.25, -0.2) is 9.97 Å². The number of rotatable bonds is 6. The fourth-order valence-electron chi connectivity index (χ4n) is 4.39. The molecular formula is C30H26BrN3O2. The molecule has 0 saturated heterocycles. The van der Waals surface area contributed by atoms with Crippen LogP contribution >= 0.6 is 15.9 Å². The number of nitrogens with one attached hydrogen (secondary N) is 1. The monoisotopic (exact) mass is 539 g/mol. The molecule has 0 fully saturated rings. The lowest BCUT2D eigenvalue weighted by atomic mass is 9.90. The molecule has 5 rings (SSSR count). The van der Waals surface area contributed by atoms with Gasteiger partial charge in [0.05, 0.1) is 24.9 Å². The van der Waals surface area contributed by atoms with Gasteiger partial charge in [0.15, 0.2) is 5.82 Å². The molecule has 36 heavy (non-hydrogen) atoms. The van der Waals surface area contributed by atoms with Crippen molar-refractivity contribution in [2.75, 3.05) is 12.4 Å². The van der Waals surface area contributed by atoms with E-state index < -0.39 is 0 Å². The van der Waals surface area contributed by atoms with Gasteiger partial charge < -0.3 is 10.1 Å². The Hall–Kier alpha value is -3.77. The first kappa shape index (κ1) is 23.9. The van der Waals surface area contributed by atoms with Crippen molar-refractivity contribution in [2.45, 2.75) is 25.7 Å². The molecule has 0 saturated carbocycles. The van der Waals surface area contributed by atoms with Gasteiger partial charge >= 0.3 is 0 Å². The highest BCUT2D eigenvalue weighted by atomic mass is 79.9. The van der Waals surface area contributed by atoms with E-state index in [9.17, 15) is 4.79 Å². The zero-order valence-corrected chi connectivity index (χ0v) is 21.6. The maximum absolute atomic E-state index is 12.9. The highest BCUT2D eigenvalue weighted by Gasteiger charge is 2.24. The van der Waals surface area contributed by atoms with Gasteiger partial charge in [0.2, 0.25) is 5.91 Å². The minimum absolute atomic E-state index is 0.123. The number of benzene rings is 2.